The van der Waals surface area contributed by atoms with Gasteiger partial charge in [-0.2, -0.15) is 0 Å². The lowest BCUT2D eigenvalue weighted by atomic mass is 9.85. The molecule has 1 aromatic heterocycles. The molecule has 0 bridgehead atoms. The molecule has 3 aromatic rings. The summed E-state index contributed by atoms with van der Waals surface area (Å²) in [5.41, 5.74) is 1.77. The summed E-state index contributed by atoms with van der Waals surface area (Å²) in [6.07, 6.45) is 0. The summed E-state index contributed by atoms with van der Waals surface area (Å²) in [4.78, 5) is 5.24. The van der Waals surface area contributed by atoms with Crippen molar-refractivity contribution in [2.24, 2.45) is 0 Å². The molecule has 0 amide bonds. The van der Waals surface area contributed by atoms with Crippen LogP contribution >= 0.6 is 0 Å². The lowest BCUT2D eigenvalue weighted by Crippen LogP contribution is -2.44. The second kappa shape index (κ2) is 6.66. The van der Waals surface area contributed by atoms with Crippen LogP contribution in [0.25, 0.3) is 10.9 Å². The molecule has 0 saturated heterocycles. The van der Waals surface area contributed by atoms with Crippen LogP contribution in [-0.2, 0) is 0 Å². The van der Waals surface area contributed by atoms with E-state index in [2.05, 4.69) is 11.9 Å². The van der Waals surface area contributed by atoms with Crippen LogP contribution in [0.4, 0.5) is 13.2 Å². The van der Waals surface area contributed by atoms with E-state index < -0.39 is 23.3 Å². The fraction of sp³-hybridized carbons (Fsp3) is 0.391. The minimum atomic E-state index is -1.49. The average molecular weight is 386 g/mol. The van der Waals surface area contributed by atoms with Crippen molar-refractivity contribution in [3.63, 3.8) is 0 Å². The number of nitrogens with one attached hydrogen (secondary N) is 1. The maximum absolute atomic E-state index is 15.0. The number of nitrogens with zero attached hydrogens (tertiary/aromatic N) is 1. The molecule has 0 saturated carbocycles. The van der Waals surface area contributed by atoms with Gasteiger partial charge in [-0.3, -0.25) is 4.90 Å². The van der Waals surface area contributed by atoms with Gasteiger partial charge in [-0.25, -0.2) is 13.2 Å². The van der Waals surface area contributed by atoms with Crippen LogP contribution in [0.1, 0.15) is 55.1 Å². The van der Waals surface area contributed by atoms with E-state index in [-0.39, 0.29) is 18.0 Å². The Hall–Kier alpha value is -2.27. The monoisotopic (exact) mass is 386 g/mol. The van der Waals surface area contributed by atoms with E-state index in [9.17, 15) is 13.2 Å². The number of para-hydroxylation sites is 1. The minimum absolute atomic E-state index is 0.0189. The molecule has 4 rings (SSSR count). The molecule has 2 heterocycles. The molecule has 148 valence electrons. The predicted octanol–water partition coefficient (Wildman–Crippen LogP) is 6.01. The number of aromatic nitrogens is 1. The first-order chi connectivity index (χ1) is 13.2. The van der Waals surface area contributed by atoms with Gasteiger partial charge in [-0.15, -0.1) is 0 Å². The molecule has 0 radical (unpaired) electrons. The van der Waals surface area contributed by atoms with Gasteiger partial charge in [-0.05, 0) is 56.0 Å². The van der Waals surface area contributed by atoms with E-state index in [0.717, 1.165) is 22.2 Å². The summed E-state index contributed by atoms with van der Waals surface area (Å²) < 4.78 is 44.5. The molecule has 2 aromatic carbocycles. The minimum Gasteiger partial charge on any atom is -0.357 e. The van der Waals surface area contributed by atoms with Crippen molar-refractivity contribution in [2.75, 3.05) is 13.1 Å². The maximum atomic E-state index is 15.0. The van der Waals surface area contributed by atoms with E-state index in [0.29, 0.717) is 12.1 Å². The van der Waals surface area contributed by atoms with E-state index >= 15 is 0 Å². The Labute approximate surface area is 163 Å². The van der Waals surface area contributed by atoms with Crippen LogP contribution in [0, 0.1) is 18.6 Å². The van der Waals surface area contributed by atoms with Crippen molar-refractivity contribution < 1.29 is 13.2 Å². The predicted molar refractivity (Wildman–Crippen MR) is 106 cm³/mol. The van der Waals surface area contributed by atoms with Gasteiger partial charge in [0, 0.05) is 35.2 Å². The van der Waals surface area contributed by atoms with Crippen molar-refractivity contribution in [3.8, 4) is 0 Å². The number of rotatable bonds is 3. The molecule has 5 heteroatoms. The van der Waals surface area contributed by atoms with Crippen molar-refractivity contribution in [3.05, 3.63) is 70.4 Å². The molecule has 0 spiro atoms. The molecule has 1 aliphatic rings. The molecule has 2 nitrogen and oxygen atoms in total. The lowest BCUT2D eigenvalue weighted by molar-refractivity contribution is 0.0899. The van der Waals surface area contributed by atoms with Crippen molar-refractivity contribution in [1.29, 1.82) is 0 Å². The second-order valence-corrected chi connectivity index (χ2v) is 8.59. The zero-order valence-electron chi connectivity index (χ0n) is 16.6. The zero-order chi connectivity index (χ0) is 20.2. The first-order valence-electron chi connectivity index (χ1n) is 9.64. The van der Waals surface area contributed by atoms with Gasteiger partial charge in [0.2, 0.25) is 0 Å². The van der Waals surface area contributed by atoms with Crippen LogP contribution in [0.5, 0.6) is 0 Å². The highest BCUT2D eigenvalue weighted by molar-refractivity contribution is 5.86. The molecule has 1 N–H and O–H groups in total. The summed E-state index contributed by atoms with van der Waals surface area (Å²) in [6, 6.07) is 9.86. The first kappa shape index (κ1) is 19.1. The van der Waals surface area contributed by atoms with Crippen molar-refractivity contribution >= 4 is 10.9 Å². The highest BCUT2D eigenvalue weighted by atomic mass is 19.1. The summed E-state index contributed by atoms with van der Waals surface area (Å²) in [6.45, 7) is 7.35. The lowest BCUT2D eigenvalue weighted by Gasteiger charge is -2.41. The largest absolute Gasteiger partial charge is 0.357 e. The Morgan fingerprint density at radius 3 is 2.39 bits per heavy atom. The van der Waals surface area contributed by atoms with Gasteiger partial charge in [-0.1, -0.05) is 25.1 Å². The molecule has 2 atom stereocenters. The number of hydrogen-bond acceptors (Lipinski definition) is 1. The van der Waals surface area contributed by atoms with Crippen molar-refractivity contribution in [2.45, 2.75) is 45.3 Å². The third-order valence-corrected chi connectivity index (χ3v) is 5.49. The second-order valence-electron chi connectivity index (χ2n) is 8.59. The fourth-order valence-electron chi connectivity index (χ4n) is 4.60. The van der Waals surface area contributed by atoms with Gasteiger partial charge < -0.3 is 4.98 Å². The third kappa shape index (κ3) is 3.22. The average Bonchev–Trinajstić information content (AvgIpc) is 2.95. The van der Waals surface area contributed by atoms with E-state index in [4.69, 9.17) is 0 Å². The summed E-state index contributed by atoms with van der Waals surface area (Å²) in [5.74, 6) is -1.08. The first-order valence-corrected chi connectivity index (χ1v) is 9.64. The quantitative estimate of drug-likeness (QED) is 0.584. The van der Waals surface area contributed by atoms with E-state index in [1.54, 1.807) is 6.92 Å². The van der Waals surface area contributed by atoms with Gasteiger partial charge >= 0.3 is 0 Å². The van der Waals surface area contributed by atoms with E-state index in [1.165, 1.54) is 26.0 Å². The highest BCUT2D eigenvalue weighted by Gasteiger charge is 2.40. The highest BCUT2D eigenvalue weighted by Crippen LogP contribution is 2.45. The molecular formula is C23H25F3N2. The smallest absolute Gasteiger partial charge is 0.131 e. The Balaban J connectivity index is 1.97. The topological polar surface area (TPSA) is 19.0 Å². The number of H-pyrrole nitrogens is 1. The number of benzene rings is 2. The van der Waals surface area contributed by atoms with Gasteiger partial charge in [0.05, 0.1) is 6.04 Å². The van der Waals surface area contributed by atoms with Gasteiger partial charge in [0.15, 0.2) is 0 Å². The Morgan fingerprint density at radius 2 is 1.75 bits per heavy atom. The molecular weight excluding hydrogens is 361 g/mol. The molecule has 2 unspecified atom stereocenters. The van der Waals surface area contributed by atoms with Crippen LogP contribution in [-0.4, -0.2) is 28.6 Å². The van der Waals surface area contributed by atoms with Gasteiger partial charge in [0.1, 0.15) is 17.3 Å². The Morgan fingerprint density at radius 1 is 1.11 bits per heavy atom. The number of halogens is 3. The number of hydrogen-bond donors (Lipinski definition) is 1. The maximum Gasteiger partial charge on any atom is 0.131 e. The summed E-state index contributed by atoms with van der Waals surface area (Å²) in [7, 11) is 0. The number of aromatic amines is 1. The van der Waals surface area contributed by atoms with E-state index in [1.807, 2.05) is 29.2 Å². The SMILES string of the molecule is Cc1cc(F)c(C2c3[nH]c4ccccc4c3C(C)CN2CC(C)(C)F)c(F)c1. The Kier molecular flexibility index (Phi) is 4.53. The Bertz CT molecular complexity index is 1010. The molecule has 28 heavy (non-hydrogen) atoms. The molecule has 1 aliphatic heterocycles. The van der Waals surface area contributed by atoms with Crippen LogP contribution < -0.4 is 0 Å². The van der Waals surface area contributed by atoms with Crippen LogP contribution in [0.15, 0.2) is 36.4 Å². The van der Waals surface area contributed by atoms with Crippen molar-refractivity contribution in [1.82, 2.24) is 9.88 Å². The summed E-state index contributed by atoms with van der Waals surface area (Å²) in [5, 5.41) is 1.06. The molecule has 0 fully saturated rings. The van der Waals surface area contributed by atoms with Crippen LogP contribution in [0.3, 0.4) is 0 Å². The number of alkyl halides is 1. The standard InChI is InChI=1S/C23H25F3N2/c1-13-9-16(24)20(17(25)10-13)22-21-19(15-7-5-6-8-18(15)27-21)14(2)11-28(22)12-23(3,4)26/h5-10,14,22,27H,11-12H2,1-4H3. The fourth-order valence-corrected chi connectivity index (χ4v) is 4.60. The van der Waals surface area contributed by atoms with Crippen LogP contribution in [0.2, 0.25) is 0 Å². The molecule has 0 aliphatic carbocycles. The zero-order valence-corrected chi connectivity index (χ0v) is 16.6. The number of aryl methyl sites for hydroxylation is 1. The normalized spacial score (nSPS) is 20.5. The third-order valence-electron chi connectivity index (χ3n) is 5.49. The van der Waals surface area contributed by atoms with Gasteiger partial charge in [0.25, 0.3) is 0 Å². The number of fused-ring (bicyclic) bond motifs is 3. The summed E-state index contributed by atoms with van der Waals surface area (Å²) >= 11 is 0.